The highest BCUT2D eigenvalue weighted by Gasteiger charge is 2.33. The van der Waals surface area contributed by atoms with E-state index in [0.717, 1.165) is 13.0 Å². The first-order chi connectivity index (χ1) is 11.8. The van der Waals surface area contributed by atoms with Crippen molar-refractivity contribution in [3.05, 3.63) is 79.7 Å². The average Bonchev–Trinajstić information content (AvgIpc) is 3.31. The molecule has 3 heterocycles. The Morgan fingerprint density at radius 2 is 1.96 bits per heavy atom. The van der Waals surface area contributed by atoms with Crippen molar-refractivity contribution >= 4 is 28.6 Å². The van der Waals surface area contributed by atoms with Crippen LogP contribution in [0.25, 0.3) is 0 Å². The smallest absolute Gasteiger partial charge is 0.254 e. The lowest BCUT2D eigenvalue weighted by Gasteiger charge is -2.35. The van der Waals surface area contributed by atoms with Crippen LogP contribution in [0.1, 0.15) is 37.3 Å². The normalized spacial score (nSPS) is 16.5. The van der Waals surface area contributed by atoms with Gasteiger partial charge in [-0.2, -0.15) is 5.26 Å². The first-order valence-corrected chi connectivity index (χ1v) is 9.44. The molecule has 1 aromatic carbocycles. The van der Waals surface area contributed by atoms with Crippen molar-refractivity contribution in [2.24, 2.45) is 0 Å². The molecule has 3 aromatic rings. The maximum Gasteiger partial charge on any atom is 0.254 e. The van der Waals surface area contributed by atoms with Gasteiger partial charge in [0, 0.05) is 21.9 Å². The third kappa shape index (κ3) is 2.54. The van der Waals surface area contributed by atoms with Gasteiger partial charge >= 0.3 is 0 Å². The summed E-state index contributed by atoms with van der Waals surface area (Å²) in [6.45, 7) is 0.717. The van der Waals surface area contributed by atoms with Crippen molar-refractivity contribution in [2.45, 2.75) is 12.5 Å². The van der Waals surface area contributed by atoms with E-state index in [4.69, 9.17) is 5.26 Å². The summed E-state index contributed by atoms with van der Waals surface area (Å²) in [7, 11) is 0. The van der Waals surface area contributed by atoms with Crippen LogP contribution in [0.15, 0.2) is 53.2 Å². The number of carbonyl (C=O) groups is 1. The highest BCUT2D eigenvalue weighted by Crippen LogP contribution is 2.40. The second-order valence-corrected chi connectivity index (χ2v) is 7.63. The topological polar surface area (TPSA) is 44.1 Å². The first kappa shape index (κ1) is 15.1. The van der Waals surface area contributed by atoms with Gasteiger partial charge in [0.25, 0.3) is 5.91 Å². The van der Waals surface area contributed by atoms with Crippen molar-refractivity contribution in [3.8, 4) is 6.07 Å². The Balaban J connectivity index is 1.73. The Morgan fingerprint density at radius 1 is 1.12 bits per heavy atom. The summed E-state index contributed by atoms with van der Waals surface area (Å²) in [5.41, 5.74) is 2.45. The summed E-state index contributed by atoms with van der Waals surface area (Å²) in [6.07, 6.45) is 0.900. The third-order valence-electron chi connectivity index (χ3n) is 4.30. The highest BCUT2D eigenvalue weighted by molar-refractivity contribution is 7.10. The van der Waals surface area contributed by atoms with Crippen LogP contribution in [0.4, 0.5) is 0 Å². The van der Waals surface area contributed by atoms with Gasteiger partial charge in [0.1, 0.15) is 0 Å². The molecule has 5 heteroatoms. The molecule has 118 valence electrons. The van der Waals surface area contributed by atoms with E-state index >= 15 is 0 Å². The summed E-state index contributed by atoms with van der Waals surface area (Å²) in [5.74, 6) is 0.0229. The minimum absolute atomic E-state index is 0.0110. The molecule has 0 aliphatic carbocycles. The molecule has 0 fully saturated rings. The van der Waals surface area contributed by atoms with Crippen LogP contribution in [-0.4, -0.2) is 17.4 Å². The number of rotatable bonds is 2. The van der Waals surface area contributed by atoms with Gasteiger partial charge in [-0.15, -0.1) is 22.7 Å². The van der Waals surface area contributed by atoms with Crippen LogP contribution < -0.4 is 0 Å². The second kappa shape index (κ2) is 6.23. The summed E-state index contributed by atoms with van der Waals surface area (Å²) >= 11 is 3.46. The zero-order valence-corrected chi connectivity index (χ0v) is 14.4. The number of fused-ring (bicyclic) bond motifs is 1. The molecule has 4 rings (SSSR count). The Kier molecular flexibility index (Phi) is 3.93. The van der Waals surface area contributed by atoms with Crippen molar-refractivity contribution in [1.82, 2.24) is 4.90 Å². The van der Waals surface area contributed by atoms with E-state index in [1.807, 2.05) is 11.0 Å². The van der Waals surface area contributed by atoms with E-state index in [0.29, 0.717) is 11.1 Å². The lowest BCUT2D eigenvalue weighted by Crippen LogP contribution is -2.39. The van der Waals surface area contributed by atoms with Crippen molar-refractivity contribution in [1.29, 1.82) is 5.26 Å². The molecule has 1 atom stereocenters. The SMILES string of the molecule is N#Cc1ccc(C(=O)N2CCc3sccc3[C@@H]2c2cccs2)cc1. The number of nitriles is 1. The molecular formula is C19H14N2OS2. The fraction of sp³-hybridized carbons (Fsp3) is 0.158. The summed E-state index contributed by atoms with van der Waals surface area (Å²) in [5, 5.41) is 13.1. The zero-order chi connectivity index (χ0) is 16.5. The van der Waals surface area contributed by atoms with E-state index in [1.54, 1.807) is 46.9 Å². The summed E-state index contributed by atoms with van der Waals surface area (Å²) in [6, 6.07) is 15.2. The van der Waals surface area contributed by atoms with Gasteiger partial charge < -0.3 is 4.90 Å². The van der Waals surface area contributed by atoms with Gasteiger partial charge in [-0.3, -0.25) is 4.79 Å². The molecule has 3 nitrogen and oxygen atoms in total. The third-order valence-corrected chi connectivity index (χ3v) is 6.22. The summed E-state index contributed by atoms with van der Waals surface area (Å²) < 4.78 is 0. The van der Waals surface area contributed by atoms with Crippen LogP contribution in [0.5, 0.6) is 0 Å². The molecule has 0 saturated heterocycles. The molecule has 0 radical (unpaired) electrons. The molecule has 2 aromatic heterocycles. The summed E-state index contributed by atoms with van der Waals surface area (Å²) in [4.78, 5) is 17.6. The number of nitrogens with zero attached hydrogens (tertiary/aromatic N) is 2. The number of amides is 1. The quantitative estimate of drug-likeness (QED) is 0.684. The van der Waals surface area contributed by atoms with Crippen LogP contribution in [0.3, 0.4) is 0 Å². The lowest BCUT2D eigenvalue weighted by atomic mass is 9.97. The Morgan fingerprint density at radius 3 is 2.67 bits per heavy atom. The van der Waals surface area contributed by atoms with Crippen molar-refractivity contribution < 1.29 is 4.79 Å². The Hall–Kier alpha value is -2.42. The minimum atomic E-state index is -0.0110. The molecule has 0 N–H and O–H groups in total. The maximum atomic E-state index is 13.1. The fourth-order valence-electron chi connectivity index (χ4n) is 3.14. The van der Waals surface area contributed by atoms with Gasteiger partial charge in [0.15, 0.2) is 0 Å². The van der Waals surface area contributed by atoms with Gasteiger partial charge in [0.2, 0.25) is 0 Å². The Labute approximate surface area is 148 Å². The number of benzene rings is 1. The average molecular weight is 350 g/mol. The molecule has 1 amide bonds. The molecule has 24 heavy (non-hydrogen) atoms. The number of hydrogen-bond acceptors (Lipinski definition) is 4. The van der Waals surface area contributed by atoms with Crippen molar-refractivity contribution in [2.75, 3.05) is 6.54 Å². The Bertz CT molecular complexity index is 904. The van der Waals surface area contributed by atoms with Gasteiger partial charge in [-0.25, -0.2) is 0 Å². The van der Waals surface area contributed by atoms with E-state index in [1.165, 1.54) is 15.3 Å². The van der Waals surface area contributed by atoms with E-state index in [2.05, 4.69) is 29.0 Å². The number of thiophene rings is 2. The first-order valence-electron chi connectivity index (χ1n) is 7.69. The second-order valence-electron chi connectivity index (χ2n) is 5.65. The molecular weight excluding hydrogens is 336 g/mol. The number of hydrogen-bond donors (Lipinski definition) is 0. The highest BCUT2D eigenvalue weighted by atomic mass is 32.1. The van der Waals surface area contributed by atoms with Gasteiger partial charge in [-0.1, -0.05) is 6.07 Å². The van der Waals surface area contributed by atoms with Crippen LogP contribution in [-0.2, 0) is 6.42 Å². The fourth-order valence-corrected chi connectivity index (χ4v) is 4.90. The predicted molar refractivity (Wildman–Crippen MR) is 96.4 cm³/mol. The molecule has 0 spiro atoms. The van der Waals surface area contributed by atoms with Gasteiger partial charge in [-0.05, 0) is 59.1 Å². The monoisotopic (exact) mass is 350 g/mol. The molecule has 1 aliphatic heterocycles. The van der Waals surface area contributed by atoms with Gasteiger partial charge in [0.05, 0.1) is 17.7 Å². The standard InChI is InChI=1S/C19H14N2OS2/c20-12-13-3-5-14(6-4-13)19(22)21-9-7-16-15(8-11-24-16)18(21)17-2-1-10-23-17/h1-6,8,10-11,18H,7,9H2/t18-/m1/s1. The zero-order valence-electron chi connectivity index (χ0n) is 12.8. The maximum absolute atomic E-state index is 13.1. The van der Waals surface area contributed by atoms with Crippen molar-refractivity contribution in [3.63, 3.8) is 0 Å². The predicted octanol–water partition coefficient (Wildman–Crippen LogP) is 4.47. The molecule has 0 unspecified atom stereocenters. The number of carbonyl (C=O) groups excluding carboxylic acids is 1. The molecule has 0 bridgehead atoms. The molecule has 0 saturated carbocycles. The van der Waals surface area contributed by atoms with E-state index in [9.17, 15) is 4.79 Å². The van der Waals surface area contributed by atoms with Crippen LogP contribution in [0.2, 0.25) is 0 Å². The largest absolute Gasteiger partial charge is 0.326 e. The lowest BCUT2D eigenvalue weighted by molar-refractivity contribution is 0.0699. The molecule has 1 aliphatic rings. The minimum Gasteiger partial charge on any atom is -0.326 e. The van der Waals surface area contributed by atoms with Crippen LogP contribution in [0, 0.1) is 11.3 Å². The van der Waals surface area contributed by atoms with E-state index < -0.39 is 0 Å². The van der Waals surface area contributed by atoms with E-state index in [-0.39, 0.29) is 11.9 Å². The van der Waals surface area contributed by atoms with Crippen LogP contribution >= 0.6 is 22.7 Å².